The maximum Gasteiger partial charge on any atom is 0.329 e. The first kappa shape index (κ1) is 21.9. The van der Waals surface area contributed by atoms with Crippen LogP contribution in [0.3, 0.4) is 0 Å². The highest BCUT2D eigenvalue weighted by Gasteiger charge is 2.35. The Morgan fingerprint density at radius 2 is 1.85 bits per heavy atom. The van der Waals surface area contributed by atoms with E-state index in [1.54, 1.807) is 30.3 Å². The maximum absolute atomic E-state index is 12.9. The third kappa shape index (κ3) is 4.50. The summed E-state index contributed by atoms with van der Waals surface area (Å²) in [5.41, 5.74) is 4.57. The van der Waals surface area contributed by atoms with E-state index in [2.05, 4.69) is 16.7 Å². The lowest BCUT2D eigenvalue weighted by atomic mass is 10.1. The van der Waals surface area contributed by atoms with E-state index in [-0.39, 0.29) is 5.70 Å². The number of benzene rings is 2. The van der Waals surface area contributed by atoms with E-state index in [0.29, 0.717) is 11.4 Å². The van der Waals surface area contributed by atoms with Crippen LogP contribution in [0.5, 0.6) is 5.75 Å². The summed E-state index contributed by atoms with van der Waals surface area (Å²) in [7, 11) is 1.49. The second-order valence-electron chi connectivity index (χ2n) is 7.70. The van der Waals surface area contributed by atoms with Gasteiger partial charge < -0.3 is 19.9 Å². The number of hydrogen-bond acceptors (Lipinski definition) is 4. The van der Waals surface area contributed by atoms with Gasteiger partial charge in [0, 0.05) is 17.6 Å². The van der Waals surface area contributed by atoms with Crippen molar-refractivity contribution in [1.29, 1.82) is 0 Å². The molecule has 1 saturated heterocycles. The number of para-hydroxylation sites is 2. The number of aryl methyl sites for hydroxylation is 2. The van der Waals surface area contributed by atoms with Crippen molar-refractivity contribution >= 4 is 29.6 Å². The third-order valence-electron chi connectivity index (χ3n) is 5.49. The van der Waals surface area contributed by atoms with E-state index in [4.69, 9.17) is 4.74 Å². The quantitative estimate of drug-likeness (QED) is 0.449. The summed E-state index contributed by atoms with van der Waals surface area (Å²) < 4.78 is 7.14. The maximum atomic E-state index is 12.9. The van der Waals surface area contributed by atoms with Gasteiger partial charge in [-0.3, -0.25) is 9.59 Å². The molecule has 1 aliphatic heterocycles. The smallest absolute Gasteiger partial charge is 0.329 e. The number of nitrogens with one attached hydrogen (secondary N) is 2. The van der Waals surface area contributed by atoms with Gasteiger partial charge in [-0.05, 0) is 67.4 Å². The molecule has 3 aromatic rings. The lowest BCUT2D eigenvalue weighted by Crippen LogP contribution is -2.38. The lowest BCUT2D eigenvalue weighted by molar-refractivity contribution is -0.127. The van der Waals surface area contributed by atoms with E-state index in [0.717, 1.165) is 21.8 Å². The Labute approximate surface area is 191 Å². The van der Waals surface area contributed by atoms with E-state index in [1.165, 1.54) is 12.7 Å². The fourth-order valence-corrected chi connectivity index (χ4v) is 3.57. The zero-order chi connectivity index (χ0) is 23.5. The average molecular weight is 444 g/mol. The van der Waals surface area contributed by atoms with Crippen LogP contribution in [0, 0.1) is 13.8 Å². The number of carbonyl (C=O) groups is 3. The molecule has 4 rings (SSSR count). The largest absolute Gasteiger partial charge is 0.495 e. The molecular formula is C25H24N4O4. The molecule has 1 fully saturated rings. The molecular weight excluding hydrogens is 420 g/mol. The highest BCUT2D eigenvalue weighted by Crippen LogP contribution is 2.23. The van der Waals surface area contributed by atoms with E-state index in [9.17, 15) is 14.4 Å². The second kappa shape index (κ2) is 9.04. The van der Waals surface area contributed by atoms with Gasteiger partial charge in [0.15, 0.2) is 0 Å². The number of amides is 4. The minimum Gasteiger partial charge on any atom is -0.495 e. The van der Waals surface area contributed by atoms with Gasteiger partial charge in [-0.2, -0.15) is 0 Å². The van der Waals surface area contributed by atoms with Gasteiger partial charge in [-0.25, -0.2) is 9.69 Å². The van der Waals surface area contributed by atoms with Gasteiger partial charge in [0.05, 0.1) is 12.8 Å². The fraction of sp³-hybridized carbons (Fsp3) is 0.160. The van der Waals surface area contributed by atoms with Crippen LogP contribution in [-0.4, -0.2) is 41.0 Å². The topological polar surface area (TPSA) is 92.7 Å². The first-order valence-electron chi connectivity index (χ1n) is 10.4. The number of methoxy groups -OCH3 is 1. The number of rotatable bonds is 6. The van der Waals surface area contributed by atoms with Gasteiger partial charge in [-0.1, -0.05) is 18.2 Å². The van der Waals surface area contributed by atoms with Crippen molar-refractivity contribution in [3.05, 3.63) is 83.3 Å². The highest BCUT2D eigenvalue weighted by molar-refractivity contribution is 6.16. The molecule has 2 heterocycles. The average Bonchev–Trinajstić information content (AvgIpc) is 3.36. The van der Waals surface area contributed by atoms with Crippen LogP contribution in [0.15, 0.2) is 66.5 Å². The molecule has 2 aromatic carbocycles. The molecule has 8 heteroatoms. The van der Waals surface area contributed by atoms with Crippen molar-refractivity contribution in [2.24, 2.45) is 0 Å². The minimum atomic E-state index is -0.647. The summed E-state index contributed by atoms with van der Waals surface area (Å²) in [6.45, 7) is 3.66. The van der Waals surface area contributed by atoms with E-state index < -0.39 is 24.4 Å². The Morgan fingerprint density at radius 3 is 2.61 bits per heavy atom. The SMILES string of the molecule is COc1ccccc1NC(=O)CN1C(=O)N/C(=C/c2cccn2-c2ccc(C)c(C)c2)C1=O. The van der Waals surface area contributed by atoms with Crippen LogP contribution in [0.2, 0.25) is 0 Å². The molecule has 168 valence electrons. The molecule has 0 bridgehead atoms. The van der Waals surface area contributed by atoms with Crippen LogP contribution < -0.4 is 15.4 Å². The van der Waals surface area contributed by atoms with Crippen molar-refractivity contribution in [2.75, 3.05) is 19.0 Å². The van der Waals surface area contributed by atoms with Crippen molar-refractivity contribution in [3.8, 4) is 11.4 Å². The van der Waals surface area contributed by atoms with E-state index >= 15 is 0 Å². The molecule has 1 aliphatic rings. The Morgan fingerprint density at radius 1 is 1.06 bits per heavy atom. The fourth-order valence-electron chi connectivity index (χ4n) is 3.57. The number of hydrogen-bond donors (Lipinski definition) is 2. The zero-order valence-corrected chi connectivity index (χ0v) is 18.6. The summed E-state index contributed by atoms with van der Waals surface area (Å²) in [5, 5.41) is 5.23. The van der Waals surface area contributed by atoms with Gasteiger partial charge >= 0.3 is 6.03 Å². The number of carbonyl (C=O) groups excluding carboxylic acids is 3. The molecule has 0 saturated carbocycles. The molecule has 33 heavy (non-hydrogen) atoms. The Balaban J connectivity index is 1.51. The molecule has 0 unspecified atom stereocenters. The van der Waals surface area contributed by atoms with Gasteiger partial charge in [0.2, 0.25) is 5.91 Å². The second-order valence-corrected chi connectivity index (χ2v) is 7.70. The molecule has 4 amide bonds. The first-order chi connectivity index (χ1) is 15.9. The zero-order valence-electron chi connectivity index (χ0n) is 18.6. The molecule has 1 aromatic heterocycles. The summed E-state index contributed by atoms with van der Waals surface area (Å²) in [4.78, 5) is 38.6. The number of anilines is 1. The molecule has 0 atom stereocenters. The predicted octanol–water partition coefficient (Wildman–Crippen LogP) is 3.63. The molecule has 2 N–H and O–H groups in total. The summed E-state index contributed by atoms with van der Waals surface area (Å²) in [6, 6.07) is 16.0. The van der Waals surface area contributed by atoms with Crippen molar-refractivity contribution < 1.29 is 19.1 Å². The normalized spacial score (nSPS) is 14.5. The van der Waals surface area contributed by atoms with E-state index in [1.807, 2.05) is 48.9 Å². The Kier molecular flexibility index (Phi) is 5.99. The number of imide groups is 1. The lowest BCUT2D eigenvalue weighted by Gasteiger charge is -2.13. The van der Waals surface area contributed by atoms with Crippen LogP contribution in [0.4, 0.5) is 10.5 Å². The molecule has 0 spiro atoms. The standard InChI is InChI=1S/C25H24N4O4/c1-16-10-11-19(13-17(16)2)28-12-6-7-18(28)14-21-24(31)29(25(32)27-21)15-23(30)26-20-8-4-5-9-22(20)33-3/h4-14H,15H2,1-3H3,(H,26,30)(H,27,32)/b21-14+. The summed E-state index contributed by atoms with van der Waals surface area (Å²) in [5.74, 6) is -0.596. The van der Waals surface area contributed by atoms with Crippen LogP contribution in [-0.2, 0) is 9.59 Å². The Bertz CT molecular complexity index is 1270. The van der Waals surface area contributed by atoms with Gasteiger partial charge in [0.1, 0.15) is 18.0 Å². The Hall–Kier alpha value is -4.33. The first-order valence-corrected chi connectivity index (χ1v) is 10.4. The molecule has 8 nitrogen and oxygen atoms in total. The van der Waals surface area contributed by atoms with Crippen LogP contribution in [0.25, 0.3) is 11.8 Å². The van der Waals surface area contributed by atoms with Crippen LogP contribution >= 0.6 is 0 Å². The van der Waals surface area contributed by atoms with Gasteiger partial charge in [0.25, 0.3) is 5.91 Å². The highest BCUT2D eigenvalue weighted by atomic mass is 16.5. The summed E-state index contributed by atoms with van der Waals surface area (Å²) in [6.07, 6.45) is 3.49. The predicted molar refractivity (Wildman–Crippen MR) is 125 cm³/mol. The summed E-state index contributed by atoms with van der Waals surface area (Å²) >= 11 is 0. The number of ether oxygens (including phenoxy) is 1. The third-order valence-corrected chi connectivity index (χ3v) is 5.49. The molecule has 0 radical (unpaired) electrons. The number of nitrogens with zero attached hydrogens (tertiary/aromatic N) is 2. The molecule has 0 aliphatic carbocycles. The van der Waals surface area contributed by atoms with Crippen molar-refractivity contribution in [1.82, 2.24) is 14.8 Å². The van der Waals surface area contributed by atoms with Crippen LogP contribution in [0.1, 0.15) is 16.8 Å². The minimum absolute atomic E-state index is 0.105. The number of urea groups is 1. The monoisotopic (exact) mass is 444 g/mol. The number of aromatic nitrogens is 1. The van der Waals surface area contributed by atoms with Crippen molar-refractivity contribution in [3.63, 3.8) is 0 Å². The van der Waals surface area contributed by atoms with Crippen molar-refractivity contribution in [2.45, 2.75) is 13.8 Å². The van der Waals surface area contributed by atoms with Gasteiger partial charge in [-0.15, -0.1) is 0 Å².